The number of piperidine rings is 1. The third-order valence-electron chi connectivity index (χ3n) is 3.44. The number of aromatic amines is 1. The second kappa shape index (κ2) is 3.95. The summed E-state index contributed by atoms with van der Waals surface area (Å²) < 4.78 is 1.70. The average Bonchev–Trinajstić information content (AvgIpc) is 2.66. The highest BCUT2D eigenvalue weighted by Gasteiger charge is 2.16. The quantitative estimate of drug-likeness (QED) is 0.809. The lowest BCUT2D eigenvalue weighted by Gasteiger charge is -2.29. The van der Waals surface area contributed by atoms with Gasteiger partial charge in [-0.2, -0.15) is 0 Å². The van der Waals surface area contributed by atoms with Gasteiger partial charge >= 0.3 is 5.69 Å². The van der Waals surface area contributed by atoms with E-state index >= 15 is 0 Å². The van der Waals surface area contributed by atoms with Gasteiger partial charge in [0.2, 0.25) is 0 Å². The highest BCUT2D eigenvalue weighted by atomic mass is 16.1. The molecule has 1 aromatic heterocycles. The Kier molecular flexibility index (Phi) is 2.42. The maximum absolute atomic E-state index is 11.7. The van der Waals surface area contributed by atoms with Crippen LogP contribution in [0.1, 0.15) is 12.8 Å². The number of H-pyrrole nitrogens is 1. The number of anilines is 1. The summed E-state index contributed by atoms with van der Waals surface area (Å²) in [6.45, 7) is 2.08. The number of hydrogen-bond acceptors (Lipinski definition) is 2. The third-order valence-corrected chi connectivity index (χ3v) is 3.44. The van der Waals surface area contributed by atoms with Gasteiger partial charge < -0.3 is 9.88 Å². The van der Waals surface area contributed by atoms with Crippen LogP contribution in [0.25, 0.3) is 11.0 Å². The summed E-state index contributed by atoms with van der Waals surface area (Å²) in [5.74, 6) is 0. The first kappa shape index (κ1) is 10.4. The Morgan fingerprint density at radius 1 is 1.24 bits per heavy atom. The zero-order chi connectivity index (χ0) is 11.8. The van der Waals surface area contributed by atoms with Crippen LogP contribution in [0.4, 0.5) is 5.69 Å². The largest absolute Gasteiger partial charge is 0.370 e. The third kappa shape index (κ3) is 1.64. The van der Waals surface area contributed by atoms with E-state index in [2.05, 4.69) is 22.4 Å². The maximum atomic E-state index is 11.7. The molecule has 2 heterocycles. The second-order valence-electron chi connectivity index (χ2n) is 4.52. The molecule has 1 aliphatic heterocycles. The number of hydrogen-bond donors (Lipinski definition) is 1. The Bertz CT molecular complexity index is 590. The summed E-state index contributed by atoms with van der Waals surface area (Å²) in [5.41, 5.74) is 3.05. The molecule has 4 heteroatoms. The molecule has 0 unspecified atom stereocenters. The van der Waals surface area contributed by atoms with Crippen LogP contribution in [0.2, 0.25) is 0 Å². The van der Waals surface area contributed by atoms with Gasteiger partial charge in [-0.05, 0) is 31.4 Å². The van der Waals surface area contributed by atoms with Crippen LogP contribution in [0.3, 0.4) is 0 Å². The number of aromatic nitrogens is 2. The number of aryl methyl sites for hydroxylation is 1. The van der Waals surface area contributed by atoms with Crippen molar-refractivity contribution < 1.29 is 0 Å². The van der Waals surface area contributed by atoms with Crippen molar-refractivity contribution in [1.82, 2.24) is 9.55 Å². The number of imidazole rings is 1. The summed E-state index contributed by atoms with van der Waals surface area (Å²) >= 11 is 0. The van der Waals surface area contributed by atoms with Crippen molar-refractivity contribution in [3.63, 3.8) is 0 Å². The summed E-state index contributed by atoms with van der Waals surface area (Å²) in [4.78, 5) is 16.9. The van der Waals surface area contributed by atoms with Crippen molar-refractivity contribution in [2.45, 2.75) is 12.8 Å². The average molecular weight is 230 g/mol. The zero-order valence-electron chi connectivity index (χ0n) is 9.94. The molecule has 89 valence electrons. The number of fused-ring (bicyclic) bond motifs is 1. The molecule has 0 spiro atoms. The fourth-order valence-corrected chi connectivity index (χ4v) is 2.53. The van der Waals surface area contributed by atoms with Crippen LogP contribution >= 0.6 is 0 Å². The minimum atomic E-state index is -0.0454. The lowest BCUT2D eigenvalue weighted by Crippen LogP contribution is -2.30. The van der Waals surface area contributed by atoms with Crippen LogP contribution < -0.4 is 10.6 Å². The molecule has 17 heavy (non-hydrogen) atoms. The molecule has 0 saturated carbocycles. The fraction of sp³-hybridized carbons (Fsp3) is 0.385. The Morgan fingerprint density at radius 3 is 2.76 bits per heavy atom. The SMILES string of the molecule is Cn1c(=O)[nH]c2cccc(N3CC[CH]CC3)c21. The summed E-state index contributed by atoms with van der Waals surface area (Å²) in [7, 11) is 1.82. The fourth-order valence-electron chi connectivity index (χ4n) is 2.53. The van der Waals surface area contributed by atoms with Crippen molar-refractivity contribution >= 4 is 16.7 Å². The van der Waals surface area contributed by atoms with Crippen LogP contribution in [-0.2, 0) is 7.05 Å². The molecular formula is C13H16N3O. The molecule has 1 fully saturated rings. The molecule has 1 saturated heterocycles. The normalized spacial score (nSPS) is 16.6. The van der Waals surface area contributed by atoms with Gasteiger partial charge in [0.25, 0.3) is 0 Å². The van der Waals surface area contributed by atoms with Crippen molar-refractivity contribution in [3.05, 3.63) is 35.1 Å². The van der Waals surface area contributed by atoms with E-state index in [-0.39, 0.29) is 5.69 Å². The van der Waals surface area contributed by atoms with Crippen molar-refractivity contribution in [2.75, 3.05) is 18.0 Å². The molecular weight excluding hydrogens is 214 g/mol. The smallest absolute Gasteiger partial charge is 0.326 e. The Balaban J connectivity index is 2.18. The zero-order valence-corrected chi connectivity index (χ0v) is 9.94. The molecule has 1 aromatic carbocycles. The standard InChI is InChI=1S/C13H16N3O/c1-15-12-10(14-13(15)17)6-5-7-11(12)16-8-3-2-4-9-16/h2,5-7H,3-4,8-9H2,1H3,(H,14,17). The maximum Gasteiger partial charge on any atom is 0.326 e. The molecule has 0 bridgehead atoms. The predicted octanol–water partition coefficient (Wildman–Crippen LogP) is 1.67. The molecule has 0 amide bonds. The predicted molar refractivity (Wildman–Crippen MR) is 69.3 cm³/mol. The first-order valence-electron chi connectivity index (χ1n) is 6.02. The van der Waals surface area contributed by atoms with Gasteiger partial charge in [-0.25, -0.2) is 4.79 Å². The Morgan fingerprint density at radius 2 is 2.00 bits per heavy atom. The minimum Gasteiger partial charge on any atom is -0.370 e. The highest BCUT2D eigenvalue weighted by Crippen LogP contribution is 2.26. The monoisotopic (exact) mass is 230 g/mol. The van der Waals surface area contributed by atoms with Crippen molar-refractivity contribution in [3.8, 4) is 0 Å². The van der Waals surface area contributed by atoms with E-state index in [0.29, 0.717) is 0 Å². The minimum absolute atomic E-state index is 0.0454. The number of para-hydroxylation sites is 1. The number of benzene rings is 1. The topological polar surface area (TPSA) is 41.0 Å². The van der Waals surface area contributed by atoms with Gasteiger partial charge in [0.1, 0.15) is 0 Å². The first-order valence-corrected chi connectivity index (χ1v) is 6.02. The van der Waals surface area contributed by atoms with Gasteiger partial charge in [0.05, 0.1) is 16.7 Å². The van der Waals surface area contributed by atoms with Gasteiger partial charge in [0, 0.05) is 20.1 Å². The molecule has 4 nitrogen and oxygen atoms in total. The van der Waals surface area contributed by atoms with Crippen LogP contribution in [-0.4, -0.2) is 22.6 Å². The van der Waals surface area contributed by atoms with Crippen LogP contribution in [0, 0.1) is 6.42 Å². The van der Waals surface area contributed by atoms with E-state index in [4.69, 9.17) is 0 Å². The molecule has 0 atom stereocenters. The van der Waals surface area contributed by atoms with Crippen LogP contribution in [0.5, 0.6) is 0 Å². The van der Waals surface area contributed by atoms with E-state index in [1.54, 1.807) is 4.57 Å². The van der Waals surface area contributed by atoms with Crippen molar-refractivity contribution in [1.29, 1.82) is 0 Å². The van der Waals surface area contributed by atoms with Crippen LogP contribution in [0.15, 0.2) is 23.0 Å². The number of nitrogens with zero attached hydrogens (tertiary/aromatic N) is 2. The van der Waals surface area contributed by atoms with E-state index < -0.39 is 0 Å². The Hall–Kier alpha value is -1.71. The van der Waals surface area contributed by atoms with Crippen molar-refractivity contribution in [2.24, 2.45) is 7.05 Å². The van der Waals surface area contributed by atoms with Gasteiger partial charge in [-0.1, -0.05) is 6.07 Å². The lowest BCUT2D eigenvalue weighted by atomic mass is 10.1. The van der Waals surface area contributed by atoms with E-state index in [1.165, 1.54) is 0 Å². The highest BCUT2D eigenvalue weighted by molar-refractivity contribution is 5.89. The second-order valence-corrected chi connectivity index (χ2v) is 4.52. The molecule has 1 radical (unpaired) electrons. The van der Waals surface area contributed by atoms with E-state index in [1.807, 2.05) is 19.2 Å². The molecule has 3 rings (SSSR count). The summed E-state index contributed by atoms with van der Waals surface area (Å²) in [6.07, 6.45) is 4.57. The van der Waals surface area contributed by atoms with E-state index in [0.717, 1.165) is 42.7 Å². The molecule has 1 aliphatic rings. The Labute approximate surface area is 99.9 Å². The first-order chi connectivity index (χ1) is 8.27. The summed E-state index contributed by atoms with van der Waals surface area (Å²) in [6, 6.07) is 6.06. The number of rotatable bonds is 1. The van der Waals surface area contributed by atoms with Gasteiger partial charge in [-0.15, -0.1) is 0 Å². The molecule has 2 aromatic rings. The number of nitrogens with one attached hydrogen (secondary N) is 1. The van der Waals surface area contributed by atoms with E-state index in [9.17, 15) is 4.79 Å². The molecule has 0 aliphatic carbocycles. The lowest BCUT2D eigenvalue weighted by molar-refractivity contribution is 0.679. The summed E-state index contributed by atoms with van der Waals surface area (Å²) in [5, 5.41) is 0. The van der Waals surface area contributed by atoms with Gasteiger partial charge in [-0.3, -0.25) is 4.57 Å². The molecule has 1 N–H and O–H groups in total. The van der Waals surface area contributed by atoms with Gasteiger partial charge in [0.15, 0.2) is 0 Å².